The predicted molar refractivity (Wildman–Crippen MR) is 45.9 cm³/mol. The van der Waals surface area contributed by atoms with E-state index in [1.807, 2.05) is 0 Å². The lowest BCUT2D eigenvalue weighted by molar-refractivity contribution is -0.0822. The average molecular weight is 169 g/mol. The molecule has 0 aromatic heterocycles. The fourth-order valence-electron chi connectivity index (χ4n) is 1.68. The topological polar surface area (TPSA) is 21.7 Å². The summed E-state index contributed by atoms with van der Waals surface area (Å²) in [5, 5.41) is 0. The maximum atomic E-state index is 5.45. The van der Waals surface area contributed by atoms with Gasteiger partial charge in [-0.05, 0) is 13.5 Å². The van der Waals surface area contributed by atoms with Crippen LogP contribution in [0.1, 0.15) is 6.42 Å². The molecule has 0 radical (unpaired) electrons. The lowest BCUT2D eigenvalue weighted by Crippen LogP contribution is -2.42. The van der Waals surface area contributed by atoms with Gasteiger partial charge in [0.05, 0.1) is 19.3 Å². The quantitative estimate of drug-likeness (QED) is 0.537. The Morgan fingerprint density at radius 1 is 1.33 bits per heavy atom. The van der Waals surface area contributed by atoms with Crippen LogP contribution < -0.4 is 0 Å². The number of hydrogen-bond acceptors (Lipinski definition) is 3. The van der Waals surface area contributed by atoms with E-state index >= 15 is 0 Å². The second-order valence-electron chi connectivity index (χ2n) is 3.30. The minimum Gasteiger partial charge on any atom is -0.348 e. The Labute approximate surface area is 72.9 Å². The molecule has 1 saturated heterocycles. The number of hydrogen-bond donors (Lipinski definition) is 0. The van der Waals surface area contributed by atoms with E-state index in [-0.39, 0.29) is 6.29 Å². The normalized spacial score (nSPS) is 32.9. The summed E-state index contributed by atoms with van der Waals surface area (Å²) < 4.78 is 10.9. The Kier molecular flexibility index (Phi) is 2.44. The zero-order valence-electron chi connectivity index (χ0n) is 7.40. The van der Waals surface area contributed by atoms with Crippen molar-refractivity contribution in [2.75, 3.05) is 26.8 Å². The van der Waals surface area contributed by atoms with Crippen LogP contribution in [0.2, 0.25) is 0 Å². The third-order valence-electron chi connectivity index (χ3n) is 2.42. The molecule has 0 saturated carbocycles. The van der Waals surface area contributed by atoms with Gasteiger partial charge < -0.3 is 9.47 Å². The van der Waals surface area contributed by atoms with Gasteiger partial charge in [-0.1, -0.05) is 12.2 Å². The van der Waals surface area contributed by atoms with Crippen LogP contribution in [0.4, 0.5) is 0 Å². The maximum Gasteiger partial charge on any atom is 0.176 e. The molecule has 0 aromatic carbocycles. The molecule has 2 heterocycles. The van der Waals surface area contributed by atoms with E-state index in [4.69, 9.17) is 9.47 Å². The Balaban J connectivity index is 1.99. The first kappa shape index (κ1) is 8.23. The fourth-order valence-corrected chi connectivity index (χ4v) is 1.68. The van der Waals surface area contributed by atoms with Crippen molar-refractivity contribution >= 4 is 0 Å². The number of ether oxygens (including phenoxy) is 2. The third kappa shape index (κ3) is 1.53. The smallest absolute Gasteiger partial charge is 0.176 e. The molecular weight excluding hydrogens is 154 g/mol. The Bertz CT molecular complexity index is 175. The first-order valence-electron chi connectivity index (χ1n) is 4.48. The number of rotatable bonds is 1. The highest BCUT2D eigenvalue weighted by Gasteiger charge is 2.28. The van der Waals surface area contributed by atoms with Crippen molar-refractivity contribution in [3.63, 3.8) is 0 Å². The van der Waals surface area contributed by atoms with Crippen molar-refractivity contribution in [2.24, 2.45) is 0 Å². The first-order valence-corrected chi connectivity index (χ1v) is 4.48. The van der Waals surface area contributed by atoms with E-state index in [1.54, 1.807) is 0 Å². The zero-order valence-corrected chi connectivity index (χ0v) is 7.40. The molecule has 1 atom stereocenters. The Morgan fingerprint density at radius 3 is 2.75 bits per heavy atom. The second-order valence-corrected chi connectivity index (χ2v) is 3.30. The van der Waals surface area contributed by atoms with Gasteiger partial charge in [0.2, 0.25) is 0 Å². The Morgan fingerprint density at radius 2 is 2.08 bits per heavy atom. The predicted octanol–water partition coefficient (Wildman–Crippen LogP) is 0.620. The van der Waals surface area contributed by atoms with E-state index in [0.717, 1.165) is 26.2 Å². The lowest BCUT2D eigenvalue weighted by atomic mass is 10.1. The summed E-state index contributed by atoms with van der Waals surface area (Å²) in [7, 11) is 2.11. The van der Waals surface area contributed by atoms with Gasteiger partial charge in [-0.3, -0.25) is 4.90 Å². The van der Waals surface area contributed by atoms with Crippen LogP contribution in [-0.2, 0) is 9.47 Å². The van der Waals surface area contributed by atoms with Crippen molar-refractivity contribution in [3.05, 3.63) is 12.2 Å². The highest BCUT2D eigenvalue weighted by molar-refractivity contribution is 5.00. The summed E-state index contributed by atoms with van der Waals surface area (Å²) in [5.74, 6) is 0. The van der Waals surface area contributed by atoms with E-state index in [9.17, 15) is 0 Å². The SMILES string of the molecule is CN1CCC=CC1C1OCCO1. The summed E-state index contributed by atoms with van der Waals surface area (Å²) in [5.41, 5.74) is 0. The molecule has 3 heteroatoms. The summed E-state index contributed by atoms with van der Waals surface area (Å²) in [6.45, 7) is 2.58. The molecule has 1 fully saturated rings. The molecule has 0 bridgehead atoms. The fraction of sp³-hybridized carbons (Fsp3) is 0.778. The van der Waals surface area contributed by atoms with Gasteiger partial charge in [0.25, 0.3) is 0 Å². The van der Waals surface area contributed by atoms with Crippen LogP contribution in [0.25, 0.3) is 0 Å². The van der Waals surface area contributed by atoms with Gasteiger partial charge in [-0.25, -0.2) is 0 Å². The van der Waals surface area contributed by atoms with Gasteiger partial charge in [0.1, 0.15) is 0 Å². The van der Waals surface area contributed by atoms with Crippen LogP contribution in [-0.4, -0.2) is 44.0 Å². The molecule has 12 heavy (non-hydrogen) atoms. The summed E-state index contributed by atoms with van der Waals surface area (Å²) >= 11 is 0. The van der Waals surface area contributed by atoms with Crippen molar-refractivity contribution in [3.8, 4) is 0 Å². The second kappa shape index (κ2) is 3.56. The molecule has 0 spiro atoms. The van der Waals surface area contributed by atoms with Crippen LogP contribution in [0, 0.1) is 0 Å². The molecule has 1 unspecified atom stereocenters. The molecule has 2 rings (SSSR count). The average Bonchev–Trinajstić information content (AvgIpc) is 2.57. The number of nitrogens with zero attached hydrogens (tertiary/aromatic N) is 1. The van der Waals surface area contributed by atoms with Crippen molar-refractivity contribution in [1.29, 1.82) is 0 Å². The molecular formula is C9H15NO2. The molecule has 2 aliphatic heterocycles. The highest BCUT2D eigenvalue weighted by Crippen LogP contribution is 2.17. The van der Waals surface area contributed by atoms with Crippen LogP contribution >= 0.6 is 0 Å². The van der Waals surface area contributed by atoms with E-state index in [1.165, 1.54) is 0 Å². The highest BCUT2D eigenvalue weighted by atomic mass is 16.7. The molecule has 0 N–H and O–H groups in total. The maximum absolute atomic E-state index is 5.45. The summed E-state index contributed by atoms with van der Waals surface area (Å²) in [4.78, 5) is 2.27. The zero-order chi connectivity index (χ0) is 8.39. The Hall–Kier alpha value is -0.380. The summed E-state index contributed by atoms with van der Waals surface area (Å²) in [6.07, 6.45) is 5.49. The number of likely N-dealkylation sites (N-methyl/N-ethyl adjacent to an activating group) is 1. The summed E-state index contributed by atoms with van der Waals surface area (Å²) in [6, 6.07) is 0.321. The molecule has 3 nitrogen and oxygen atoms in total. The minimum atomic E-state index is -0.0356. The minimum absolute atomic E-state index is 0.0356. The van der Waals surface area contributed by atoms with Gasteiger partial charge in [0, 0.05) is 6.54 Å². The van der Waals surface area contributed by atoms with Gasteiger partial charge >= 0.3 is 0 Å². The van der Waals surface area contributed by atoms with Crippen LogP contribution in [0.5, 0.6) is 0 Å². The van der Waals surface area contributed by atoms with E-state index in [2.05, 4.69) is 24.1 Å². The largest absolute Gasteiger partial charge is 0.348 e. The van der Waals surface area contributed by atoms with Crippen LogP contribution in [0.3, 0.4) is 0 Å². The molecule has 0 aromatic rings. The van der Waals surface area contributed by atoms with Gasteiger partial charge in [0.15, 0.2) is 6.29 Å². The molecule has 0 amide bonds. The molecule has 2 aliphatic rings. The first-order chi connectivity index (χ1) is 5.88. The van der Waals surface area contributed by atoms with Gasteiger partial charge in [-0.2, -0.15) is 0 Å². The van der Waals surface area contributed by atoms with Crippen molar-refractivity contribution in [1.82, 2.24) is 4.90 Å². The third-order valence-corrected chi connectivity index (χ3v) is 2.42. The van der Waals surface area contributed by atoms with E-state index < -0.39 is 0 Å². The van der Waals surface area contributed by atoms with Crippen molar-refractivity contribution < 1.29 is 9.47 Å². The van der Waals surface area contributed by atoms with E-state index in [0.29, 0.717) is 6.04 Å². The molecule has 0 aliphatic carbocycles. The van der Waals surface area contributed by atoms with Crippen LogP contribution in [0.15, 0.2) is 12.2 Å². The van der Waals surface area contributed by atoms with Crippen molar-refractivity contribution in [2.45, 2.75) is 18.8 Å². The monoisotopic (exact) mass is 169 g/mol. The van der Waals surface area contributed by atoms with Gasteiger partial charge in [-0.15, -0.1) is 0 Å². The lowest BCUT2D eigenvalue weighted by Gasteiger charge is -2.31. The standard InChI is InChI=1S/C9H15NO2/c1-10-5-3-2-4-8(10)9-11-6-7-12-9/h2,4,8-9H,3,5-7H2,1H3. The molecule has 68 valence electrons.